The van der Waals surface area contributed by atoms with E-state index in [1.807, 2.05) is 38.1 Å². The fraction of sp³-hybridized carbons (Fsp3) is 0.467. The standard InChI is InChI=1S/C15H21N3O2/c1-3-16-14(19)13-5-4-10-18(13)15(20)17-12-8-6-11(2)7-9-12/h6-9,13H,3-5,10H2,1-2H3,(H,16,19)(H,17,20)/t13-/m0/s1. The number of nitrogens with one attached hydrogen (secondary N) is 2. The molecule has 2 N–H and O–H groups in total. The minimum absolute atomic E-state index is 0.0657. The van der Waals surface area contributed by atoms with Crippen LogP contribution in [0, 0.1) is 6.92 Å². The van der Waals surface area contributed by atoms with E-state index in [-0.39, 0.29) is 18.0 Å². The van der Waals surface area contributed by atoms with Gasteiger partial charge in [0.15, 0.2) is 0 Å². The maximum Gasteiger partial charge on any atom is 0.322 e. The fourth-order valence-corrected chi connectivity index (χ4v) is 2.41. The summed E-state index contributed by atoms with van der Waals surface area (Å²) in [5.41, 5.74) is 1.89. The first kappa shape index (κ1) is 14.4. The second-order valence-electron chi connectivity index (χ2n) is 5.04. The van der Waals surface area contributed by atoms with Crippen LogP contribution in [0.15, 0.2) is 24.3 Å². The number of benzene rings is 1. The SMILES string of the molecule is CCNC(=O)[C@@H]1CCCN1C(=O)Nc1ccc(C)cc1. The van der Waals surface area contributed by atoms with Gasteiger partial charge in [0.1, 0.15) is 6.04 Å². The minimum atomic E-state index is -0.347. The zero-order valence-electron chi connectivity index (χ0n) is 12.0. The monoisotopic (exact) mass is 275 g/mol. The van der Waals surface area contributed by atoms with Crippen molar-refractivity contribution in [1.82, 2.24) is 10.2 Å². The fourth-order valence-electron chi connectivity index (χ4n) is 2.41. The third kappa shape index (κ3) is 3.29. The molecule has 1 aliphatic rings. The third-order valence-corrected chi connectivity index (χ3v) is 3.47. The van der Waals surface area contributed by atoms with Gasteiger partial charge in [0.25, 0.3) is 0 Å². The lowest BCUT2D eigenvalue weighted by molar-refractivity contribution is -0.124. The summed E-state index contributed by atoms with van der Waals surface area (Å²) < 4.78 is 0. The first-order valence-corrected chi connectivity index (χ1v) is 7.04. The van der Waals surface area contributed by atoms with Gasteiger partial charge < -0.3 is 15.5 Å². The third-order valence-electron chi connectivity index (χ3n) is 3.47. The van der Waals surface area contributed by atoms with Crippen molar-refractivity contribution in [1.29, 1.82) is 0 Å². The van der Waals surface area contributed by atoms with Crippen LogP contribution in [0.3, 0.4) is 0 Å². The lowest BCUT2D eigenvalue weighted by Crippen LogP contribution is -2.47. The Labute approximate surface area is 119 Å². The van der Waals surface area contributed by atoms with Crippen LogP contribution < -0.4 is 10.6 Å². The maximum atomic E-state index is 12.3. The van der Waals surface area contributed by atoms with Crippen LogP contribution in [-0.2, 0) is 4.79 Å². The highest BCUT2D eigenvalue weighted by molar-refractivity contribution is 5.94. The molecule has 108 valence electrons. The largest absolute Gasteiger partial charge is 0.355 e. The molecule has 0 aliphatic carbocycles. The number of amides is 3. The summed E-state index contributed by atoms with van der Waals surface area (Å²) in [5.74, 6) is -0.0657. The van der Waals surface area contributed by atoms with Gasteiger partial charge in [0.2, 0.25) is 5.91 Å². The molecule has 0 aromatic heterocycles. The predicted octanol–water partition coefficient (Wildman–Crippen LogP) is 2.13. The Morgan fingerprint density at radius 1 is 1.30 bits per heavy atom. The van der Waals surface area contributed by atoms with Crippen molar-refractivity contribution in [2.75, 3.05) is 18.4 Å². The summed E-state index contributed by atoms with van der Waals surface area (Å²) in [6, 6.07) is 7.07. The van der Waals surface area contributed by atoms with Crippen LogP contribution in [0.1, 0.15) is 25.3 Å². The van der Waals surface area contributed by atoms with Crippen LogP contribution in [0.25, 0.3) is 0 Å². The number of carbonyl (C=O) groups excluding carboxylic acids is 2. The zero-order chi connectivity index (χ0) is 14.5. The van der Waals surface area contributed by atoms with Gasteiger partial charge in [-0.05, 0) is 38.8 Å². The molecule has 0 radical (unpaired) electrons. The molecule has 5 nitrogen and oxygen atoms in total. The number of hydrogen-bond acceptors (Lipinski definition) is 2. The predicted molar refractivity (Wildman–Crippen MR) is 78.6 cm³/mol. The molecule has 1 saturated heterocycles. The van der Waals surface area contributed by atoms with Crippen molar-refractivity contribution >= 4 is 17.6 Å². The van der Waals surface area contributed by atoms with E-state index in [0.717, 1.165) is 24.1 Å². The van der Waals surface area contributed by atoms with E-state index in [9.17, 15) is 9.59 Å². The van der Waals surface area contributed by atoms with Gasteiger partial charge in [0.05, 0.1) is 0 Å². The topological polar surface area (TPSA) is 61.4 Å². The van der Waals surface area contributed by atoms with Crippen LogP contribution in [0.4, 0.5) is 10.5 Å². The van der Waals surface area contributed by atoms with Gasteiger partial charge in [-0.3, -0.25) is 4.79 Å². The zero-order valence-corrected chi connectivity index (χ0v) is 12.0. The van der Waals surface area contributed by atoms with E-state index in [4.69, 9.17) is 0 Å². The molecular weight excluding hydrogens is 254 g/mol. The molecule has 1 aromatic carbocycles. The quantitative estimate of drug-likeness (QED) is 0.887. The molecule has 3 amide bonds. The molecule has 5 heteroatoms. The maximum absolute atomic E-state index is 12.3. The number of nitrogens with zero attached hydrogens (tertiary/aromatic N) is 1. The van der Waals surface area contributed by atoms with Crippen LogP contribution in [-0.4, -0.2) is 36.0 Å². The van der Waals surface area contributed by atoms with Crippen molar-refractivity contribution in [2.45, 2.75) is 32.7 Å². The average Bonchev–Trinajstić information content (AvgIpc) is 2.91. The van der Waals surface area contributed by atoms with E-state index in [2.05, 4.69) is 10.6 Å². The Morgan fingerprint density at radius 3 is 2.65 bits per heavy atom. The van der Waals surface area contributed by atoms with Gasteiger partial charge in [0, 0.05) is 18.8 Å². The molecule has 0 unspecified atom stereocenters. The Balaban J connectivity index is 2.00. The number of aryl methyl sites for hydroxylation is 1. The van der Waals surface area contributed by atoms with Crippen molar-refractivity contribution in [3.63, 3.8) is 0 Å². The molecule has 1 atom stereocenters. The first-order chi connectivity index (χ1) is 9.61. The number of likely N-dealkylation sites (tertiary alicyclic amines) is 1. The molecule has 1 heterocycles. The van der Waals surface area contributed by atoms with Crippen LogP contribution >= 0.6 is 0 Å². The van der Waals surface area contributed by atoms with Gasteiger partial charge in [-0.2, -0.15) is 0 Å². The molecule has 0 spiro atoms. The van der Waals surface area contributed by atoms with Crippen LogP contribution in [0.5, 0.6) is 0 Å². The highest BCUT2D eigenvalue weighted by atomic mass is 16.2. The lowest BCUT2D eigenvalue weighted by Gasteiger charge is -2.24. The number of carbonyl (C=O) groups is 2. The van der Waals surface area contributed by atoms with E-state index >= 15 is 0 Å². The minimum Gasteiger partial charge on any atom is -0.355 e. The summed E-state index contributed by atoms with van der Waals surface area (Å²) in [7, 11) is 0. The number of urea groups is 1. The molecule has 0 saturated carbocycles. The van der Waals surface area contributed by atoms with E-state index in [1.54, 1.807) is 4.90 Å². The first-order valence-electron chi connectivity index (χ1n) is 7.04. The molecule has 20 heavy (non-hydrogen) atoms. The normalized spacial score (nSPS) is 17.9. The Kier molecular flexibility index (Phi) is 4.61. The molecule has 1 fully saturated rings. The average molecular weight is 275 g/mol. The smallest absolute Gasteiger partial charge is 0.322 e. The van der Waals surface area contributed by atoms with Gasteiger partial charge in [-0.25, -0.2) is 4.79 Å². The van der Waals surface area contributed by atoms with Crippen LogP contribution in [0.2, 0.25) is 0 Å². The number of hydrogen-bond donors (Lipinski definition) is 2. The lowest BCUT2D eigenvalue weighted by atomic mass is 10.2. The van der Waals surface area contributed by atoms with Gasteiger partial charge in [-0.1, -0.05) is 17.7 Å². The van der Waals surface area contributed by atoms with Crippen molar-refractivity contribution in [3.8, 4) is 0 Å². The second kappa shape index (κ2) is 6.41. The Bertz CT molecular complexity index is 484. The molecule has 1 aromatic rings. The van der Waals surface area contributed by atoms with E-state index in [0.29, 0.717) is 13.1 Å². The molecule has 0 bridgehead atoms. The van der Waals surface area contributed by atoms with Crippen molar-refractivity contribution < 1.29 is 9.59 Å². The summed E-state index contributed by atoms with van der Waals surface area (Å²) >= 11 is 0. The van der Waals surface area contributed by atoms with E-state index in [1.165, 1.54) is 0 Å². The number of likely N-dealkylation sites (N-methyl/N-ethyl adjacent to an activating group) is 1. The number of rotatable bonds is 3. The Hall–Kier alpha value is -2.04. The highest BCUT2D eigenvalue weighted by Gasteiger charge is 2.33. The van der Waals surface area contributed by atoms with E-state index < -0.39 is 0 Å². The van der Waals surface area contributed by atoms with Crippen molar-refractivity contribution in [3.05, 3.63) is 29.8 Å². The highest BCUT2D eigenvalue weighted by Crippen LogP contribution is 2.19. The summed E-state index contributed by atoms with van der Waals surface area (Å²) in [5, 5.41) is 5.63. The summed E-state index contributed by atoms with van der Waals surface area (Å²) in [6.07, 6.45) is 1.59. The molecule has 2 rings (SSSR count). The Morgan fingerprint density at radius 2 is 2.00 bits per heavy atom. The van der Waals surface area contributed by atoms with Crippen molar-refractivity contribution in [2.24, 2.45) is 0 Å². The van der Waals surface area contributed by atoms with Gasteiger partial charge in [-0.15, -0.1) is 0 Å². The van der Waals surface area contributed by atoms with Gasteiger partial charge >= 0.3 is 6.03 Å². The second-order valence-corrected chi connectivity index (χ2v) is 5.04. The summed E-state index contributed by atoms with van der Waals surface area (Å²) in [4.78, 5) is 25.8. The number of anilines is 1. The molecular formula is C15H21N3O2. The summed E-state index contributed by atoms with van der Waals surface area (Å²) in [6.45, 7) is 5.09. The molecule has 1 aliphatic heterocycles.